The van der Waals surface area contributed by atoms with Gasteiger partial charge in [-0.15, -0.1) is 0 Å². The van der Waals surface area contributed by atoms with Gasteiger partial charge in [0.2, 0.25) is 5.91 Å². The predicted octanol–water partition coefficient (Wildman–Crippen LogP) is 1.60. The molecule has 0 aliphatic heterocycles. The Hall–Kier alpha value is -3.39. The number of ether oxygens (including phenoxy) is 1. The molecule has 2 rings (SSSR count). The molecule has 0 aliphatic rings. The highest BCUT2D eigenvalue weighted by Gasteiger charge is 2.09. The monoisotopic (exact) mass is 384 g/mol. The zero-order chi connectivity index (χ0) is 20.4. The van der Waals surface area contributed by atoms with Crippen LogP contribution in [-0.4, -0.2) is 44.5 Å². The molecule has 0 atom stereocenters. The Balaban J connectivity index is 1.84. The first kappa shape index (κ1) is 20.9. The van der Waals surface area contributed by atoms with Crippen molar-refractivity contribution in [1.82, 2.24) is 5.32 Å². The SMILES string of the molecule is COCCCNC(=O)c1ccc(NC(=O)CNc2ccccc2C(N)=O)cc1. The van der Waals surface area contributed by atoms with Crippen LogP contribution in [-0.2, 0) is 9.53 Å². The van der Waals surface area contributed by atoms with Crippen LogP contribution in [0.15, 0.2) is 48.5 Å². The van der Waals surface area contributed by atoms with Crippen LogP contribution in [0.5, 0.6) is 0 Å². The summed E-state index contributed by atoms with van der Waals surface area (Å²) in [6.07, 6.45) is 0.738. The van der Waals surface area contributed by atoms with Gasteiger partial charge in [0.1, 0.15) is 0 Å². The molecule has 0 saturated carbocycles. The number of hydrogen-bond donors (Lipinski definition) is 4. The number of carbonyl (C=O) groups excluding carboxylic acids is 3. The number of anilines is 2. The van der Waals surface area contributed by atoms with E-state index >= 15 is 0 Å². The number of methoxy groups -OCH3 is 1. The average molecular weight is 384 g/mol. The summed E-state index contributed by atoms with van der Waals surface area (Å²) in [4.78, 5) is 35.5. The summed E-state index contributed by atoms with van der Waals surface area (Å²) < 4.78 is 4.93. The van der Waals surface area contributed by atoms with Crippen LogP contribution in [0.2, 0.25) is 0 Å². The van der Waals surface area contributed by atoms with E-state index in [0.717, 1.165) is 6.42 Å². The summed E-state index contributed by atoms with van der Waals surface area (Å²) in [6, 6.07) is 13.3. The van der Waals surface area contributed by atoms with Gasteiger partial charge in [0.25, 0.3) is 11.8 Å². The zero-order valence-corrected chi connectivity index (χ0v) is 15.7. The number of para-hydroxylation sites is 1. The number of carbonyl (C=O) groups is 3. The zero-order valence-electron chi connectivity index (χ0n) is 15.7. The summed E-state index contributed by atoms with van der Waals surface area (Å²) in [5, 5.41) is 8.40. The molecule has 8 heteroatoms. The van der Waals surface area contributed by atoms with Crippen LogP contribution >= 0.6 is 0 Å². The van der Waals surface area contributed by atoms with Gasteiger partial charge >= 0.3 is 0 Å². The molecule has 0 spiro atoms. The molecular weight excluding hydrogens is 360 g/mol. The van der Waals surface area contributed by atoms with Gasteiger partial charge < -0.3 is 26.4 Å². The van der Waals surface area contributed by atoms with Crippen molar-refractivity contribution in [1.29, 1.82) is 0 Å². The minimum Gasteiger partial charge on any atom is -0.385 e. The lowest BCUT2D eigenvalue weighted by Crippen LogP contribution is -2.25. The topological polar surface area (TPSA) is 123 Å². The third kappa shape index (κ3) is 6.40. The molecule has 2 aromatic carbocycles. The number of primary amides is 1. The molecule has 0 unspecified atom stereocenters. The highest BCUT2D eigenvalue weighted by Crippen LogP contribution is 2.14. The molecule has 3 amide bonds. The molecule has 0 aromatic heterocycles. The Labute approximate surface area is 163 Å². The molecule has 0 fully saturated rings. The summed E-state index contributed by atoms with van der Waals surface area (Å²) in [5.41, 5.74) is 7.18. The first-order valence-corrected chi connectivity index (χ1v) is 8.81. The van der Waals surface area contributed by atoms with E-state index in [9.17, 15) is 14.4 Å². The summed E-state index contributed by atoms with van der Waals surface area (Å²) in [5.74, 6) is -1.05. The second-order valence-corrected chi connectivity index (χ2v) is 5.99. The van der Waals surface area contributed by atoms with Gasteiger partial charge in [0.05, 0.1) is 12.1 Å². The lowest BCUT2D eigenvalue weighted by atomic mass is 10.1. The molecule has 148 valence electrons. The summed E-state index contributed by atoms with van der Waals surface area (Å²) in [7, 11) is 1.61. The van der Waals surface area contributed by atoms with Crippen LogP contribution in [0.3, 0.4) is 0 Å². The number of nitrogens with two attached hydrogens (primary N) is 1. The van der Waals surface area contributed by atoms with E-state index in [2.05, 4.69) is 16.0 Å². The van der Waals surface area contributed by atoms with Crippen LogP contribution in [0.1, 0.15) is 27.1 Å². The van der Waals surface area contributed by atoms with Crippen molar-refractivity contribution in [2.24, 2.45) is 5.73 Å². The molecule has 2 aromatic rings. The van der Waals surface area contributed by atoms with Gasteiger partial charge in [-0.1, -0.05) is 12.1 Å². The maximum Gasteiger partial charge on any atom is 0.251 e. The summed E-state index contributed by atoms with van der Waals surface area (Å²) in [6.45, 7) is 1.08. The molecular formula is C20H24N4O4. The maximum absolute atomic E-state index is 12.1. The van der Waals surface area contributed by atoms with Gasteiger partial charge in [0, 0.05) is 37.2 Å². The molecule has 28 heavy (non-hydrogen) atoms. The van der Waals surface area contributed by atoms with Crippen molar-refractivity contribution in [2.75, 3.05) is 37.4 Å². The van der Waals surface area contributed by atoms with Crippen molar-refractivity contribution >= 4 is 29.1 Å². The van der Waals surface area contributed by atoms with Crippen LogP contribution < -0.4 is 21.7 Å². The standard InChI is InChI=1S/C20H24N4O4/c1-28-12-4-11-22-20(27)14-7-9-15(10-8-14)24-18(25)13-23-17-6-3-2-5-16(17)19(21)26/h2-3,5-10,23H,4,11-13H2,1H3,(H2,21,26)(H,22,27)(H,24,25). The van der Waals surface area contributed by atoms with Crippen molar-refractivity contribution < 1.29 is 19.1 Å². The fourth-order valence-electron chi connectivity index (χ4n) is 2.46. The maximum atomic E-state index is 12.1. The second kappa shape index (κ2) is 10.7. The van der Waals surface area contributed by atoms with Crippen LogP contribution in [0.25, 0.3) is 0 Å². The Bertz CT molecular complexity index is 821. The fraction of sp³-hybridized carbons (Fsp3) is 0.250. The van der Waals surface area contributed by atoms with Crippen molar-refractivity contribution in [3.8, 4) is 0 Å². The number of benzene rings is 2. The van der Waals surface area contributed by atoms with E-state index in [-0.39, 0.29) is 18.4 Å². The first-order chi connectivity index (χ1) is 13.5. The van der Waals surface area contributed by atoms with E-state index in [4.69, 9.17) is 10.5 Å². The Kier molecular flexibility index (Phi) is 7.98. The number of nitrogens with one attached hydrogen (secondary N) is 3. The van der Waals surface area contributed by atoms with Gasteiger partial charge in [-0.05, 0) is 42.8 Å². The van der Waals surface area contributed by atoms with Crippen molar-refractivity contribution in [3.05, 3.63) is 59.7 Å². The Morgan fingerprint density at radius 1 is 1.04 bits per heavy atom. The molecule has 0 bridgehead atoms. The lowest BCUT2D eigenvalue weighted by Gasteiger charge is -2.11. The fourth-order valence-corrected chi connectivity index (χ4v) is 2.46. The number of amides is 3. The Morgan fingerprint density at radius 2 is 1.75 bits per heavy atom. The van der Waals surface area contributed by atoms with Gasteiger partial charge in [-0.25, -0.2) is 0 Å². The molecule has 0 aliphatic carbocycles. The van der Waals surface area contributed by atoms with E-state index < -0.39 is 5.91 Å². The third-order valence-electron chi connectivity index (χ3n) is 3.87. The predicted molar refractivity (Wildman–Crippen MR) is 107 cm³/mol. The third-order valence-corrected chi connectivity index (χ3v) is 3.87. The van der Waals surface area contributed by atoms with E-state index in [1.54, 1.807) is 55.6 Å². The molecule has 5 N–H and O–H groups in total. The molecule has 8 nitrogen and oxygen atoms in total. The Morgan fingerprint density at radius 3 is 2.43 bits per heavy atom. The summed E-state index contributed by atoms with van der Waals surface area (Å²) >= 11 is 0. The minimum absolute atomic E-state index is 0.0357. The molecule has 0 heterocycles. The largest absolute Gasteiger partial charge is 0.385 e. The van der Waals surface area contributed by atoms with E-state index in [0.29, 0.717) is 35.7 Å². The number of hydrogen-bond acceptors (Lipinski definition) is 5. The normalized spacial score (nSPS) is 10.2. The highest BCUT2D eigenvalue weighted by atomic mass is 16.5. The minimum atomic E-state index is -0.570. The van der Waals surface area contributed by atoms with E-state index in [1.807, 2.05) is 0 Å². The van der Waals surface area contributed by atoms with Gasteiger partial charge in [-0.2, -0.15) is 0 Å². The van der Waals surface area contributed by atoms with Crippen molar-refractivity contribution in [2.45, 2.75) is 6.42 Å². The van der Waals surface area contributed by atoms with Gasteiger partial charge in [-0.3, -0.25) is 14.4 Å². The second-order valence-electron chi connectivity index (χ2n) is 5.99. The molecule has 0 radical (unpaired) electrons. The van der Waals surface area contributed by atoms with E-state index in [1.165, 1.54) is 0 Å². The average Bonchev–Trinajstić information content (AvgIpc) is 2.70. The quantitative estimate of drug-likeness (QED) is 0.464. The van der Waals surface area contributed by atoms with Crippen LogP contribution in [0, 0.1) is 0 Å². The highest BCUT2D eigenvalue weighted by molar-refractivity contribution is 6.00. The first-order valence-electron chi connectivity index (χ1n) is 8.81. The van der Waals surface area contributed by atoms with Gasteiger partial charge in [0.15, 0.2) is 0 Å². The van der Waals surface area contributed by atoms with Crippen molar-refractivity contribution in [3.63, 3.8) is 0 Å². The molecule has 0 saturated heterocycles. The van der Waals surface area contributed by atoms with Crippen LogP contribution in [0.4, 0.5) is 11.4 Å². The lowest BCUT2D eigenvalue weighted by molar-refractivity contribution is -0.114. The number of rotatable bonds is 10. The smallest absolute Gasteiger partial charge is 0.251 e.